The number of anilines is 1. The molecule has 4 nitrogen and oxygen atoms in total. The number of hydrogen-bond donors (Lipinski definition) is 1. The largest absolute Gasteiger partial charge is 0.383 e. The van der Waals surface area contributed by atoms with Gasteiger partial charge < -0.3 is 5.73 Å². The molecule has 0 amide bonds. The highest BCUT2D eigenvalue weighted by Gasteiger charge is 2.07. The smallest absolute Gasteiger partial charge is 0.146 e. The molecule has 2 aromatic rings. The van der Waals surface area contributed by atoms with Crippen LogP contribution in [0.1, 0.15) is 11.3 Å². The van der Waals surface area contributed by atoms with Crippen LogP contribution in [-0.4, -0.2) is 9.36 Å². The average molecular weight is 190 g/mol. The van der Waals surface area contributed by atoms with E-state index in [4.69, 9.17) is 11.0 Å². The second-order valence-electron chi connectivity index (χ2n) is 2.65. The average Bonchev–Trinajstić information content (AvgIpc) is 2.46. The molecule has 0 aliphatic rings. The van der Waals surface area contributed by atoms with Gasteiger partial charge in [-0.2, -0.15) is 9.64 Å². The van der Waals surface area contributed by atoms with Crippen molar-refractivity contribution in [2.24, 2.45) is 0 Å². The number of rotatable bonds is 0. The molecule has 2 rings (SSSR count). The van der Waals surface area contributed by atoms with Crippen molar-refractivity contribution in [3.63, 3.8) is 0 Å². The number of pyridine rings is 1. The van der Waals surface area contributed by atoms with E-state index in [-0.39, 0.29) is 5.82 Å². The van der Waals surface area contributed by atoms with Gasteiger partial charge in [0.05, 0.1) is 11.3 Å². The van der Waals surface area contributed by atoms with Crippen molar-refractivity contribution in [1.82, 2.24) is 9.36 Å². The fourth-order valence-electron chi connectivity index (χ4n) is 1.09. The number of aromatic nitrogens is 2. The lowest BCUT2D eigenvalue weighted by Gasteiger charge is -1.95. The van der Waals surface area contributed by atoms with Gasteiger partial charge in [-0.3, -0.25) is 0 Å². The minimum absolute atomic E-state index is 0.277. The summed E-state index contributed by atoms with van der Waals surface area (Å²) in [4.78, 5) is 4.86. The summed E-state index contributed by atoms with van der Waals surface area (Å²) in [5.74, 6) is 0.277. The van der Waals surface area contributed by atoms with E-state index in [2.05, 4.69) is 9.36 Å². The molecule has 2 N–H and O–H groups in total. The molecule has 0 bridgehead atoms. The molecule has 0 aliphatic carbocycles. The first-order valence-corrected chi connectivity index (χ1v) is 4.42. The SMILES string of the molecule is Cc1nsc2nc(N)c(C#N)cc12. The third-order valence-electron chi connectivity index (χ3n) is 1.80. The molecule has 0 unspecified atom stereocenters. The van der Waals surface area contributed by atoms with Crippen molar-refractivity contribution in [3.05, 3.63) is 17.3 Å². The predicted molar refractivity (Wildman–Crippen MR) is 51.3 cm³/mol. The maximum Gasteiger partial charge on any atom is 0.146 e. The van der Waals surface area contributed by atoms with E-state index in [0.29, 0.717) is 5.56 Å². The standard InChI is InChI=1S/C8H6N4S/c1-4-6-2-5(3-9)7(10)11-8(6)13-12-4/h2H,1H3,(H2,10,11). The zero-order chi connectivity index (χ0) is 9.42. The highest BCUT2D eigenvalue weighted by atomic mass is 32.1. The predicted octanol–water partition coefficient (Wildman–Crippen LogP) is 1.45. The number of aryl methyl sites for hydroxylation is 1. The summed E-state index contributed by atoms with van der Waals surface area (Å²) in [5.41, 5.74) is 6.86. The molecule has 2 aromatic heterocycles. The van der Waals surface area contributed by atoms with Gasteiger partial charge in [-0.05, 0) is 24.5 Å². The number of hydrogen-bond acceptors (Lipinski definition) is 5. The van der Waals surface area contributed by atoms with E-state index in [0.717, 1.165) is 15.9 Å². The maximum atomic E-state index is 8.72. The summed E-state index contributed by atoms with van der Waals surface area (Å²) in [6, 6.07) is 3.73. The molecule has 0 spiro atoms. The van der Waals surface area contributed by atoms with E-state index in [1.807, 2.05) is 13.0 Å². The summed E-state index contributed by atoms with van der Waals surface area (Å²) in [6.45, 7) is 1.89. The Morgan fingerprint density at radius 3 is 3.08 bits per heavy atom. The lowest BCUT2D eigenvalue weighted by Crippen LogP contribution is -1.93. The first-order valence-electron chi connectivity index (χ1n) is 3.65. The molecule has 0 aliphatic heterocycles. The van der Waals surface area contributed by atoms with Gasteiger partial charge in [0.1, 0.15) is 16.7 Å². The van der Waals surface area contributed by atoms with Gasteiger partial charge in [-0.25, -0.2) is 4.98 Å². The summed E-state index contributed by atoms with van der Waals surface area (Å²) >= 11 is 1.30. The Morgan fingerprint density at radius 2 is 2.38 bits per heavy atom. The van der Waals surface area contributed by atoms with Gasteiger partial charge in [0.25, 0.3) is 0 Å². The molecule has 0 saturated carbocycles. The first kappa shape index (κ1) is 7.95. The van der Waals surface area contributed by atoms with Crippen LogP contribution in [0.4, 0.5) is 5.82 Å². The highest BCUT2D eigenvalue weighted by Crippen LogP contribution is 2.23. The molecule has 5 heteroatoms. The molecule has 0 saturated heterocycles. The van der Waals surface area contributed by atoms with Crippen molar-refractivity contribution in [1.29, 1.82) is 5.26 Å². The lowest BCUT2D eigenvalue weighted by molar-refractivity contribution is 1.36. The van der Waals surface area contributed by atoms with Crippen LogP contribution in [0.15, 0.2) is 6.07 Å². The van der Waals surface area contributed by atoms with Gasteiger partial charge in [0.2, 0.25) is 0 Å². The molecule has 0 radical (unpaired) electrons. The van der Waals surface area contributed by atoms with Crippen LogP contribution in [0.2, 0.25) is 0 Å². The fourth-order valence-corrected chi connectivity index (χ4v) is 1.85. The highest BCUT2D eigenvalue weighted by molar-refractivity contribution is 7.12. The van der Waals surface area contributed by atoms with Gasteiger partial charge in [-0.15, -0.1) is 0 Å². The van der Waals surface area contributed by atoms with Crippen molar-refractivity contribution in [3.8, 4) is 6.07 Å². The molecule has 0 atom stereocenters. The van der Waals surface area contributed by atoms with Gasteiger partial charge in [0, 0.05) is 5.39 Å². The van der Waals surface area contributed by atoms with Gasteiger partial charge >= 0.3 is 0 Å². The van der Waals surface area contributed by atoms with E-state index in [9.17, 15) is 0 Å². The fraction of sp³-hybridized carbons (Fsp3) is 0.125. The van der Waals surface area contributed by atoms with E-state index in [1.54, 1.807) is 6.07 Å². The van der Waals surface area contributed by atoms with Crippen LogP contribution in [-0.2, 0) is 0 Å². The molecule has 0 aromatic carbocycles. The summed E-state index contributed by atoms with van der Waals surface area (Å²) in [5, 5.41) is 9.63. The summed E-state index contributed by atoms with van der Waals surface area (Å²) < 4.78 is 4.13. The number of nitriles is 1. The lowest BCUT2D eigenvalue weighted by atomic mass is 10.2. The number of nitrogens with zero attached hydrogens (tertiary/aromatic N) is 3. The number of nitrogen functional groups attached to an aromatic ring is 1. The first-order chi connectivity index (χ1) is 6.22. The van der Waals surface area contributed by atoms with E-state index < -0.39 is 0 Å². The Labute approximate surface area is 78.8 Å². The number of fused-ring (bicyclic) bond motifs is 1. The monoisotopic (exact) mass is 190 g/mol. The Morgan fingerprint density at radius 1 is 1.62 bits per heavy atom. The van der Waals surface area contributed by atoms with Gasteiger partial charge in [0.15, 0.2) is 0 Å². The zero-order valence-corrected chi connectivity index (χ0v) is 7.72. The van der Waals surface area contributed by atoms with Crippen molar-refractivity contribution in [2.45, 2.75) is 6.92 Å². The summed E-state index contributed by atoms with van der Waals surface area (Å²) in [6.07, 6.45) is 0. The van der Waals surface area contributed by atoms with Crippen LogP contribution in [0.3, 0.4) is 0 Å². The van der Waals surface area contributed by atoms with Crippen LogP contribution in [0.5, 0.6) is 0 Å². The maximum absolute atomic E-state index is 8.72. The minimum Gasteiger partial charge on any atom is -0.383 e. The number of nitrogens with two attached hydrogens (primary N) is 1. The van der Waals surface area contributed by atoms with Crippen molar-refractivity contribution < 1.29 is 0 Å². The third-order valence-corrected chi connectivity index (χ3v) is 2.65. The molecule has 2 heterocycles. The van der Waals surface area contributed by atoms with Crippen molar-refractivity contribution >= 4 is 27.6 Å². The van der Waals surface area contributed by atoms with E-state index in [1.165, 1.54) is 11.5 Å². The Bertz CT molecular complexity index is 509. The third kappa shape index (κ3) is 1.12. The van der Waals surface area contributed by atoms with Crippen LogP contribution < -0.4 is 5.73 Å². The molecular formula is C8H6N4S. The van der Waals surface area contributed by atoms with E-state index >= 15 is 0 Å². The second kappa shape index (κ2) is 2.68. The normalized spacial score (nSPS) is 10.2. The van der Waals surface area contributed by atoms with Crippen molar-refractivity contribution in [2.75, 3.05) is 5.73 Å². The van der Waals surface area contributed by atoms with Crippen LogP contribution >= 0.6 is 11.5 Å². The Balaban J connectivity index is 2.86. The second-order valence-corrected chi connectivity index (χ2v) is 3.41. The van der Waals surface area contributed by atoms with Crippen LogP contribution in [0.25, 0.3) is 10.2 Å². The molecule has 64 valence electrons. The quantitative estimate of drug-likeness (QED) is 0.682. The Hall–Kier alpha value is -1.67. The molecule has 0 fully saturated rings. The van der Waals surface area contributed by atoms with Crippen LogP contribution in [0, 0.1) is 18.3 Å². The topological polar surface area (TPSA) is 75.6 Å². The zero-order valence-electron chi connectivity index (χ0n) is 6.90. The minimum atomic E-state index is 0.277. The molecule has 13 heavy (non-hydrogen) atoms. The summed E-state index contributed by atoms with van der Waals surface area (Å²) in [7, 11) is 0. The Kier molecular flexibility index (Phi) is 1.64. The van der Waals surface area contributed by atoms with Gasteiger partial charge in [-0.1, -0.05) is 0 Å². The molecular weight excluding hydrogens is 184 g/mol.